The van der Waals surface area contributed by atoms with Gasteiger partial charge in [0.1, 0.15) is 18.1 Å². The lowest BCUT2D eigenvalue weighted by atomic mass is 10.00. The van der Waals surface area contributed by atoms with E-state index < -0.39 is 42.0 Å². The number of amides is 3. The number of hydrogen-bond acceptors (Lipinski definition) is 5. The zero-order valence-electron chi connectivity index (χ0n) is 20.4. The summed E-state index contributed by atoms with van der Waals surface area (Å²) in [5, 5.41) is 14.8. The molecule has 0 aliphatic carbocycles. The fourth-order valence-corrected chi connectivity index (χ4v) is 4.06. The number of carboxylic acid groups (broad SMARTS) is 1. The van der Waals surface area contributed by atoms with Crippen LogP contribution in [0.3, 0.4) is 0 Å². The van der Waals surface area contributed by atoms with Crippen molar-refractivity contribution in [1.82, 2.24) is 15.5 Å². The van der Waals surface area contributed by atoms with Crippen LogP contribution in [0, 0.1) is 17.8 Å². The van der Waals surface area contributed by atoms with Gasteiger partial charge in [-0.3, -0.25) is 14.4 Å². The quantitative estimate of drug-likeness (QED) is 0.352. The first-order valence-electron chi connectivity index (χ1n) is 11.7. The number of hydrogen-bond donors (Lipinski definition) is 4. The van der Waals surface area contributed by atoms with E-state index >= 15 is 0 Å². The van der Waals surface area contributed by atoms with Gasteiger partial charge in [-0.1, -0.05) is 41.5 Å². The summed E-state index contributed by atoms with van der Waals surface area (Å²) in [6.07, 6.45) is 2.39. The molecule has 0 radical (unpaired) electrons. The van der Waals surface area contributed by atoms with Crippen molar-refractivity contribution in [2.24, 2.45) is 23.5 Å². The highest BCUT2D eigenvalue weighted by molar-refractivity contribution is 5.94. The van der Waals surface area contributed by atoms with Crippen molar-refractivity contribution in [1.29, 1.82) is 0 Å². The highest BCUT2D eigenvalue weighted by atomic mass is 16.4. The molecular formula is C23H42N4O5. The van der Waals surface area contributed by atoms with Gasteiger partial charge in [0.15, 0.2) is 0 Å². The van der Waals surface area contributed by atoms with E-state index in [0.717, 1.165) is 0 Å². The van der Waals surface area contributed by atoms with Crippen LogP contribution in [0.15, 0.2) is 0 Å². The van der Waals surface area contributed by atoms with Gasteiger partial charge >= 0.3 is 5.97 Å². The number of likely N-dealkylation sites (tertiary alicyclic amines) is 1. The molecule has 184 valence electrons. The summed E-state index contributed by atoms with van der Waals surface area (Å²) < 4.78 is 0. The second kappa shape index (κ2) is 12.8. The Morgan fingerprint density at radius 1 is 0.906 bits per heavy atom. The van der Waals surface area contributed by atoms with Crippen LogP contribution in [0.1, 0.15) is 73.6 Å². The minimum Gasteiger partial charge on any atom is -0.480 e. The van der Waals surface area contributed by atoms with E-state index in [0.29, 0.717) is 38.6 Å². The van der Waals surface area contributed by atoms with Gasteiger partial charge in [0.25, 0.3) is 0 Å². The van der Waals surface area contributed by atoms with E-state index in [-0.39, 0.29) is 23.7 Å². The van der Waals surface area contributed by atoms with Crippen LogP contribution >= 0.6 is 0 Å². The normalized spacial score (nSPS) is 19.2. The van der Waals surface area contributed by atoms with Crippen molar-refractivity contribution in [2.75, 3.05) is 6.54 Å². The summed E-state index contributed by atoms with van der Waals surface area (Å²) >= 11 is 0. The Hall–Kier alpha value is -2.16. The average Bonchev–Trinajstić information content (AvgIpc) is 3.14. The minimum absolute atomic E-state index is 0.0858. The molecule has 0 saturated carbocycles. The molecule has 1 aliphatic heterocycles. The molecule has 4 unspecified atom stereocenters. The zero-order valence-corrected chi connectivity index (χ0v) is 20.4. The SMILES string of the molecule is CC(C)CC(N)C(=O)N1CCCC1C(=O)NC(CC(C)C)C(=O)NC(CC(C)C)C(=O)O. The molecule has 1 heterocycles. The average molecular weight is 455 g/mol. The second-order valence-corrected chi connectivity index (χ2v) is 10.1. The standard InChI is InChI=1S/C23H42N4O5/c1-13(2)10-16(24)22(30)27-9-7-8-19(27)21(29)25-17(11-14(3)4)20(28)26-18(23(31)32)12-15(5)6/h13-19H,7-12,24H2,1-6H3,(H,25,29)(H,26,28)(H,31,32). The lowest BCUT2D eigenvalue weighted by Gasteiger charge is -2.29. The zero-order chi connectivity index (χ0) is 24.6. The fourth-order valence-electron chi connectivity index (χ4n) is 4.06. The molecular weight excluding hydrogens is 412 g/mol. The number of nitrogens with one attached hydrogen (secondary N) is 2. The van der Waals surface area contributed by atoms with Crippen molar-refractivity contribution >= 4 is 23.7 Å². The topological polar surface area (TPSA) is 142 Å². The Bertz CT molecular complexity index is 665. The molecule has 1 rings (SSSR count). The van der Waals surface area contributed by atoms with Crippen LogP contribution in [0.25, 0.3) is 0 Å². The molecule has 1 aliphatic rings. The first kappa shape index (κ1) is 27.9. The molecule has 0 aromatic carbocycles. The Balaban J connectivity index is 2.91. The van der Waals surface area contributed by atoms with Gasteiger partial charge in [-0.25, -0.2) is 4.79 Å². The summed E-state index contributed by atoms with van der Waals surface area (Å²) in [5.74, 6) is -1.83. The molecule has 32 heavy (non-hydrogen) atoms. The van der Waals surface area contributed by atoms with Gasteiger partial charge in [0, 0.05) is 6.54 Å². The molecule has 0 aromatic heterocycles. The van der Waals surface area contributed by atoms with E-state index in [4.69, 9.17) is 5.73 Å². The van der Waals surface area contributed by atoms with E-state index in [1.165, 1.54) is 4.90 Å². The van der Waals surface area contributed by atoms with E-state index in [9.17, 15) is 24.3 Å². The number of carboxylic acids is 1. The largest absolute Gasteiger partial charge is 0.480 e. The smallest absolute Gasteiger partial charge is 0.326 e. The second-order valence-electron chi connectivity index (χ2n) is 10.1. The van der Waals surface area contributed by atoms with E-state index in [1.807, 2.05) is 41.5 Å². The van der Waals surface area contributed by atoms with Gasteiger partial charge in [0.2, 0.25) is 17.7 Å². The third kappa shape index (κ3) is 8.76. The lowest BCUT2D eigenvalue weighted by molar-refractivity contribution is -0.143. The minimum atomic E-state index is -1.10. The maximum absolute atomic E-state index is 13.1. The number of aliphatic carboxylic acids is 1. The maximum Gasteiger partial charge on any atom is 0.326 e. The fraction of sp³-hybridized carbons (Fsp3) is 0.826. The number of nitrogens with zero attached hydrogens (tertiary/aromatic N) is 1. The first-order chi connectivity index (χ1) is 14.8. The van der Waals surface area contributed by atoms with Crippen molar-refractivity contribution in [2.45, 2.75) is 97.8 Å². The van der Waals surface area contributed by atoms with Gasteiger partial charge in [-0.15, -0.1) is 0 Å². The molecule has 1 saturated heterocycles. The molecule has 9 nitrogen and oxygen atoms in total. The Labute approximate surface area is 191 Å². The Kier molecular flexibility index (Phi) is 11.1. The summed E-state index contributed by atoms with van der Waals surface area (Å²) in [4.78, 5) is 51.8. The van der Waals surface area contributed by atoms with E-state index in [2.05, 4.69) is 10.6 Å². The summed E-state index contributed by atoms with van der Waals surface area (Å²) in [6.45, 7) is 12.0. The molecule has 4 atom stereocenters. The lowest BCUT2D eigenvalue weighted by Crippen LogP contribution is -2.57. The van der Waals surface area contributed by atoms with Crippen LogP contribution < -0.4 is 16.4 Å². The molecule has 0 bridgehead atoms. The van der Waals surface area contributed by atoms with Crippen LogP contribution in [-0.4, -0.2) is 64.4 Å². The van der Waals surface area contributed by atoms with Crippen molar-refractivity contribution < 1.29 is 24.3 Å². The van der Waals surface area contributed by atoms with Crippen molar-refractivity contribution in [3.8, 4) is 0 Å². The first-order valence-corrected chi connectivity index (χ1v) is 11.7. The molecule has 0 spiro atoms. The van der Waals surface area contributed by atoms with Gasteiger partial charge < -0.3 is 26.4 Å². The maximum atomic E-state index is 13.1. The van der Waals surface area contributed by atoms with E-state index in [1.54, 1.807) is 0 Å². The molecule has 0 aromatic rings. The Morgan fingerprint density at radius 2 is 1.44 bits per heavy atom. The number of carbonyl (C=O) groups excluding carboxylic acids is 3. The van der Waals surface area contributed by atoms with Crippen molar-refractivity contribution in [3.63, 3.8) is 0 Å². The third-order valence-electron chi connectivity index (χ3n) is 5.54. The molecule has 3 amide bonds. The highest BCUT2D eigenvalue weighted by Crippen LogP contribution is 2.20. The predicted octanol–water partition coefficient (Wildman–Crippen LogP) is 1.50. The molecule has 5 N–H and O–H groups in total. The monoisotopic (exact) mass is 454 g/mol. The van der Waals surface area contributed by atoms with Crippen LogP contribution in [0.5, 0.6) is 0 Å². The van der Waals surface area contributed by atoms with Gasteiger partial charge in [0.05, 0.1) is 6.04 Å². The highest BCUT2D eigenvalue weighted by Gasteiger charge is 2.38. The summed E-state index contributed by atoms with van der Waals surface area (Å²) in [5.41, 5.74) is 6.06. The number of nitrogens with two attached hydrogens (primary N) is 1. The number of carbonyl (C=O) groups is 4. The summed E-state index contributed by atoms with van der Waals surface area (Å²) in [6, 6.07) is -3.23. The van der Waals surface area contributed by atoms with Gasteiger partial charge in [-0.05, 0) is 49.9 Å². The molecule has 9 heteroatoms. The Morgan fingerprint density at radius 3 is 1.94 bits per heavy atom. The predicted molar refractivity (Wildman–Crippen MR) is 123 cm³/mol. The van der Waals surface area contributed by atoms with Crippen LogP contribution in [-0.2, 0) is 19.2 Å². The van der Waals surface area contributed by atoms with Crippen LogP contribution in [0.2, 0.25) is 0 Å². The number of rotatable bonds is 12. The molecule has 1 fully saturated rings. The summed E-state index contributed by atoms with van der Waals surface area (Å²) in [7, 11) is 0. The van der Waals surface area contributed by atoms with Gasteiger partial charge in [-0.2, -0.15) is 0 Å². The van der Waals surface area contributed by atoms with Crippen molar-refractivity contribution in [3.05, 3.63) is 0 Å². The van der Waals surface area contributed by atoms with Crippen LogP contribution in [0.4, 0.5) is 0 Å². The third-order valence-corrected chi connectivity index (χ3v) is 5.54.